The molecule has 0 fully saturated rings. The van der Waals surface area contributed by atoms with Gasteiger partial charge < -0.3 is 15.0 Å². The molecule has 0 saturated heterocycles. The van der Waals surface area contributed by atoms with Crippen LogP contribution in [-0.2, 0) is 11.3 Å². The lowest BCUT2D eigenvalue weighted by Gasteiger charge is -2.17. The van der Waals surface area contributed by atoms with Crippen LogP contribution in [0.15, 0.2) is 43.0 Å². The number of amides is 1. The highest BCUT2D eigenvalue weighted by molar-refractivity contribution is 6.30. The van der Waals surface area contributed by atoms with Crippen molar-refractivity contribution in [2.24, 2.45) is 0 Å². The minimum atomic E-state index is -0.400. The largest absolute Gasteiger partial charge is 0.394 e. The number of halogens is 1. The molecular weight excluding hydrogens is 290 g/mol. The molecule has 0 bridgehead atoms. The Morgan fingerprint density at radius 2 is 2.14 bits per heavy atom. The van der Waals surface area contributed by atoms with Gasteiger partial charge in [0.2, 0.25) is 5.91 Å². The molecular formula is C15H18ClN3O2. The second kappa shape index (κ2) is 7.81. The van der Waals surface area contributed by atoms with Crippen LogP contribution in [0.3, 0.4) is 0 Å². The second-order valence-corrected chi connectivity index (χ2v) is 5.19. The van der Waals surface area contributed by atoms with Gasteiger partial charge in [0.15, 0.2) is 0 Å². The SMILES string of the molecule is O=C(CCCn1ccnc1)NC(CO)c1ccc(Cl)cc1. The lowest BCUT2D eigenvalue weighted by atomic mass is 10.1. The summed E-state index contributed by atoms with van der Waals surface area (Å²) in [5.74, 6) is -0.0795. The third kappa shape index (κ3) is 4.88. The molecule has 1 aromatic carbocycles. The number of benzene rings is 1. The zero-order chi connectivity index (χ0) is 15.1. The summed E-state index contributed by atoms with van der Waals surface area (Å²) in [4.78, 5) is 15.9. The Balaban J connectivity index is 1.80. The summed E-state index contributed by atoms with van der Waals surface area (Å²) in [6.45, 7) is 0.604. The average molecular weight is 308 g/mol. The van der Waals surface area contributed by atoms with Gasteiger partial charge in [0.25, 0.3) is 0 Å². The Kier molecular flexibility index (Phi) is 5.78. The van der Waals surface area contributed by atoms with Gasteiger partial charge in [-0.25, -0.2) is 4.98 Å². The smallest absolute Gasteiger partial charge is 0.220 e. The zero-order valence-corrected chi connectivity index (χ0v) is 12.3. The van der Waals surface area contributed by atoms with Gasteiger partial charge in [-0.1, -0.05) is 23.7 Å². The maximum absolute atomic E-state index is 11.9. The molecule has 2 rings (SSSR count). The van der Waals surface area contributed by atoms with Crippen LogP contribution in [-0.4, -0.2) is 27.2 Å². The van der Waals surface area contributed by atoms with E-state index in [1.54, 1.807) is 36.8 Å². The van der Waals surface area contributed by atoms with Crippen molar-refractivity contribution in [2.75, 3.05) is 6.61 Å². The van der Waals surface area contributed by atoms with E-state index in [9.17, 15) is 9.90 Å². The number of carbonyl (C=O) groups is 1. The number of aliphatic hydroxyl groups is 1. The molecule has 0 radical (unpaired) electrons. The molecule has 0 aliphatic rings. The number of carbonyl (C=O) groups excluding carboxylic acids is 1. The van der Waals surface area contributed by atoms with E-state index < -0.39 is 6.04 Å². The molecule has 21 heavy (non-hydrogen) atoms. The number of hydrogen-bond donors (Lipinski definition) is 2. The molecule has 1 atom stereocenters. The molecule has 2 aromatic rings. The Labute approximate surface area is 128 Å². The van der Waals surface area contributed by atoms with Crippen LogP contribution in [0.1, 0.15) is 24.4 Å². The number of rotatable bonds is 7. The fourth-order valence-corrected chi connectivity index (χ4v) is 2.16. The molecule has 0 aliphatic carbocycles. The fourth-order valence-electron chi connectivity index (χ4n) is 2.04. The summed E-state index contributed by atoms with van der Waals surface area (Å²) in [6, 6.07) is 6.68. The topological polar surface area (TPSA) is 67.2 Å². The number of hydrogen-bond acceptors (Lipinski definition) is 3. The van der Waals surface area contributed by atoms with Crippen molar-refractivity contribution in [3.05, 3.63) is 53.6 Å². The normalized spacial score (nSPS) is 12.1. The van der Waals surface area contributed by atoms with Crippen molar-refractivity contribution in [3.63, 3.8) is 0 Å². The van der Waals surface area contributed by atoms with Crippen LogP contribution in [0.2, 0.25) is 5.02 Å². The van der Waals surface area contributed by atoms with E-state index in [1.807, 2.05) is 10.8 Å². The van der Waals surface area contributed by atoms with Crippen molar-refractivity contribution < 1.29 is 9.90 Å². The molecule has 0 saturated carbocycles. The molecule has 1 amide bonds. The van der Waals surface area contributed by atoms with Crippen molar-refractivity contribution in [1.82, 2.24) is 14.9 Å². The molecule has 5 nitrogen and oxygen atoms in total. The Hall–Kier alpha value is -1.85. The summed E-state index contributed by atoms with van der Waals surface area (Å²) in [7, 11) is 0. The van der Waals surface area contributed by atoms with Crippen molar-refractivity contribution >= 4 is 17.5 Å². The minimum Gasteiger partial charge on any atom is -0.394 e. The highest BCUT2D eigenvalue weighted by Crippen LogP contribution is 2.16. The van der Waals surface area contributed by atoms with Crippen LogP contribution < -0.4 is 5.32 Å². The molecule has 2 N–H and O–H groups in total. The number of nitrogens with zero attached hydrogens (tertiary/aromatic N) is 2. The lowest BCUT2D eigenvalue weighted by Crippen LogP contribution is -2.30. The molecule has 1 unspecified atom stereocenters. The molecule has 1 aromatic heterocycles. The maximum atomic E-state index is 11.9. The quantitative estimate of drug-likeness (QED) is 0.824. The van der Waals surface area contributed by atoms with Gasteiger partial charge in [-0.15, -0.1) is 0 Å². The van der Waals surface area contributed by atoms with Crippen molar-refractivity contribution in [2.45, 2.75) is 25.4 Å². The summed E-state index contributed by atoms with van der Waals surface area (Å²) in [5.41, 5.74) is 0.838. The van der Waals surface area contributed by atoms with Crippen LogP contribution >= 0.6 is 11.6 Å². The van der Waals surface area contributed by atoms with Gasteiger partial charge in [-0.05, 0) is 24.1 Å². The zero-order valence-electron chi connectivity index (χ0n) is 11.6. The first-order chi connectivity index (χ1) is 10.2. The maximum Gasteiger partial charge on any atom is 0.220 e. The second-order valence-electron chi connectivity index (χ2n) is 4.76. The highest BCUT2D eigenvalue weighted by atomic mass is 35.5. The summed E-state index contributed by atoms with van der Waals surface area (Å²) in [5, 5.41) is 12.9. The van der Waals surface area contributed by atoms with Gasteiger partial charge in [0.1, 0.15) is 0 Å². The number of imidazole rings is 1. The van der Waals surface area contributed by atoms with E-state index in [4.69, 9.17) is 11.6 Å². The van der Waals surface area contributed by atoms with Crippen LogP contribution in [0.5, 0.6) is 0 Å². The van der Waals surface area contributed by atoms with Gasteiger partial charge in [0, 0.05) is 30.4 Å². The number of nitrogens with one attached hydrogen (secondary N) is 1. The van der Waals surface area contributed by atoms with Crippen LogP contribution in [0.25, 0.3) is 0 Å². The van der Waals surface area contributed by atoms with Crippen LogP contribution in [0.4, 0.5) is 0 Å². The summed E-state index contributed by atoms with van der Waals surface area (Å²) in [6.07, 6.45) is 6.43. The van der Waals surface area contributed by atoms with E-state index in [1.165, 1.54) is 0 Å². The van der Waals surface area contributed by atoms with E-state index in [0.717, 1.165) is 18.5 Å². The summed E-state index contributed by atoms with van der Waals surface area (Å²) < 4.78 is 1.93. The monoisotopic (exact) mass is 307 g/mol. The first-order valence-electron chi connectivity index (χ1n) is 6.80. The third-order valence-electron chi connectivity index (χ3n) is 3.17. The molecule has 0 spiro atoms. The summed E-state index contributed by atoms with van der Waals surface area (Å²) >= 11 is 5.83. The molecule has 0 aliphatic heterocycles. The van der Waals surface area contributed by atoms with Crippen LogP contribution in [0, 0.1) is 0 Å². The van der Waals surface area contributed by atoms with Crippen molar-refractivity contribution in [3.8, 4) is 0 Å². The van der Waals surface area contributed by atoms with Gasteiger partial charge in [-0.3, -0.25) is 4.79 Å². The number of aryl methyl sites for hydroxylation is 1. The molecule has 6 heteroatoms. The number of aliphatic hydroxyl groups excluding tert-OH is 1. The minimum absolute atomic E-state index is 0.0795. The Morgan fingerprint density at radius 3 is 2.76 bits per heavy atom. The van der Waals surface area contributed by atoms with Crippen molar-refractivity contribution in [1.29, 1.82) is 0 Å². The molecule has 112 valence electrons. The predicted octanol–water partition coefficient (Wildman–Crippen LogP) is 2.17. The van der Waals surface area contributed by atoms with Gasteiger partial charge >= 0.3 is 0 Å². The van der Waals surface area contributed by atoms with E-state index in [0.29, 0.717) is 11.4 Å². The lowest BCUT2D eigenvalue weighted by molar-refractivity contribution is -0.122. The van der Waals surface area contributed by atoms with E-state index in [-0.39, 0.29) is 12.5 Å². The van der Waals surface area contributed by atoms with E-state index in [2.05, 4.69) is 10.3 Å². The first kappa shape index (κ1) is 15.5. The Morgan fingerprint density at radius 1 is 1.38 bits per heavy atom. The third-order valence-corrected chi connectivity index (χ3v) is 3.42. The fraction of sp³-hybridized carbons (Fsp3) is 0.333. The predicted molar refractivity (Wildman–Crippen MR) is 80.9 cm³/mol. The Bertz CT molecular complexity index is 555. The molecule has 1 heterocycles. The number of aromatic nitrogens is 2. The highest BCUT2D eigenvalue weighted by Gasteiger charge is 2.13. The van der Waals surface area contributed by atoms with E-state index >= 15 is 0 Å². The first-order valence-corrected chi connectivity index (χ1v) is 7.18. The van der Waals surface area contributed by atoms with Gasteiger partial charge in [-0.2, -0.15) is 0 Å². The standard InChI is InChI=1S/C15H18ClN3O2/c16-13-5-3-12(4-6-13)14(10-20)18-15(21)2-1-8-19-9-7-17-11-19/h3-7,9,11,14,20H,1-2,8,10H2,(H,18,21). The van der Waals surface area contributed by atoms with Gasteiger partial charge in [0.05, 0.1) is 19.0 Å². The average Bonchev–Trinajstić information content (AvgIpc) is 2.99.